The van der Waals surface area contributed by atoms with E-state index in [1.54, 1.807) is 12.1 Å². The number of hydrogen-bond donors (Lipinski definition) is 1. The van der Waals surface area contributed by atoms with Gasteiger partial charge in [0.15, 0.2) is 0 Å². The second kappa shape index (κ2) is 8.77. The molecular formula is C14H21ClN2O2. The molecule has 106 valence electrons. The number of carbonyl (C=O) groups excluding carboxylic acids is 1. The number of likely N-dealkylation sites (N-methyl/N-ethyl adjacent to an activating group) is 1. The Morgan fingerprint density at radius 2 is 2.26 bits per heavy atom. The molecule has 0 atom stereocenters. The summed E-state index contributed by atoms with van der Waals surface area (Å²) in [6.45, 7) is 4.36. The molecule has 5 heteroatoms. The Kier molecular flexibility index (Phi) is 7.30. The Bertz CT molecular complexity index is 399. The van der Waals surface area contributed by atoms with Crippen LogP contribution < -0.4 is 10.1 Å². The van der Waals surface area contributed by atoms with E-state index in [9.17, 15) is 4.79 Å². The summed E-state index contributed by atoms with van der Waals surface area (Å²) in [5.74, 6) is 0.795. The third-order valence-electron chi connectivity index (χ3n) is 2.52. The summed E-state index contributed by atoms with van der Waals surface area (Å²) in [7, 11) is 1.90. The summed E-state index contributed by atoms with van der Waals surface area (Å²) in [4.78, 5) is 13.4. The molecule has 0 heterocycles. The van der Waals surface area contributed by atoms with Crippen LogP contribution in [0.3, 0.4) is 0 Å². The first-order valence-corrected chi connectivity index (χ1v) is 6.83. The average Bonchev–Trinajstić information content (AvgIpc) is 2.36. The summed E-state index contributed by atoms with van der Waals surface area (Å²) in [5, 5.41) is 3.50. The third-order valence-corrected chi connectivity index (χ3v) is 2.76. The molecule has 0 unspecified atom stereocenters. The lowest BCUT2D eigenvalue weighted by atomic mass is 10.3. The Hall–Kier alpha value is -1.26. The van der Waals surface area contributed by atoms with E-state index in [1.165, 1.54) is 0 Å². The predicted molar refractivity (Wildman–Crippen MR) is 77.7 cm³/mol. The van der Waals surface area contributed by atoms with Crippen molar-refractivity contribution in [3.63, 3.8) is 0 Å². The van der Waals surface area contributed by atoms with Crippen molar-refractivity contribution in [2.24, 2.45) is 0 Å². The molecule has 19 heavy (non-hydrogen) atoms. The highest BCUT2D eigenvalue weighted by Crippen LogP contribution is 2.16. The Labute approximate surface area is 119 Å². The molecule has 0 bridgehead atoms. The van der Waals surface area contributed by atoms with Gasteiger partial charge in [-0.1, -0.05) is 24.6 Å². The fourth-order valence-electron chi connectivity index (χ4n) is 1.52. The van der Waals surface area contributed by atoms with Crippen LogP contribution in [0.15, 0.2) is 24.3 Å². The zero-order valence-corrected chi connectivity index (χ0v) is 12.2. The van der Waals surface area contributed by atoms with E-state index >= 15 is 0 Å². The molecule has 4 nitrogen and oxygen atoms in total. The molecule has 0 aliphatic heterocycles. The number of halogens is 1. The molecule has 1 amide bonds. The molecule has 0 saturated carbocycles. The molecule has 0 saturated heterocycles. The van der Waals surface area contributed by atoms with E-state index in [0.717, 1.165) is 18.7 Å². The third kappa shape index (κ3) is 7.03. The lowest BCUT2D eigenvalue weighted by Crippen LogP contribution is -2.37. The maximum atomic E-state index is 11.5. The number of carbonyl (C=O) groups is 1. The van der Waals surface area contributed by atoms with Crippen LogP contribution in [0.25, 0.3) is 0 Å². The molecule has 1 aromatic carbocycles. The molecule has 1 rings (SSSR count). The summed E-state index contributed by atoms with van der Waals surface area (Å²) in [5.41, 5.74) is 0. The van der Waals surface area contributed by atoms with Crippen molar-refractivity contribution in [1.29, 1.82) is 0 Å². The summed E-state index contributed by atoms with van der Waals surface area (Å²) in [6, 6.07) is 7.29. The van der Waals surface area contributed by atoms with Crippen molar-refractivity contribution in [3.8, 4) is 5.75 Å². The number of hydrogen-bond acceptors (Lipinski definition) is 3. The molecule has 0 aliphatic rings. The number of nitrogens with one attached hydrogen (secondary N) is 1. The lowest BCUT2D eigenvalue weighted by molar-refractivity contribution is -0.122. The van der Waals surface area contributed by atoms with Gasteiger partial charge in [0.2, 0.25) is 5.91 Å². The first-order valence-electron chi connectivity index (χ1n) is 6.45. The van der Waals surface area contributed by atoms with Gasteiger partial charge in [-0.05, 0) is 31.7 Å². The lowest BCUT2D eigenvalue weighted by Gasteiger charge is -2.16. The highest BCUT2D eigenvalue weighted by atomic mass is 35.5. The van der Waals surface area contributed by atoms with Crippen LogP contribution in [0.1, 0.15) is 13.3 Å². The molecular weight excluding hydrogens is 264 g/mol. The first-order chi connectivity index (χ1) is 9.11. The molecule has 0 spiro atoms. The maximum Gasteiger partial charge on any atom is 0.234 e. The minimum atomic E-state index is 0.0482. The Morgan fingerprint density at radius 1 is 1.47 bits per heavy atom. The average molecular weight is 285 g/mol. The number of nitrogens with zero attached hydrogens (tertiary/aromatic N) is 1. The van der Waals surface area contributed by atoms with Crippen molar-refractivity contribution >= 4 is 17.5 Å². The topological polar surface area (TPSA) is 41.6 Å². The van der Waals surface area contributed by atoms with E-state index < -0.39 is 0 Å². The predicted octanol–water partition coefficient (Wildman–Crippen LogP) is 2.18. The molecule has 0 aromatic heterocycles. The fraction of sp³-hybridized carbons (Fsp3) is 0.500. The zero-order valence-electron chi connectivity index (χ0n) is 11.5. The van der Waals surface area contributed by atoms with E-state index in [4.69, 9.17) is 16.3 Å². The Morgan fingerprint density at radius 3 is 2.95 bits per heavy atom. The molecule has 0 radical (unpaired) electrons. The largest absolute Gasteiger partial charge is 0.492 e. The molecule has 0 fully saturated rings. The van der Waals surface area contributed by atoms with Gasteiger partial charge in [-0.2, -0.15) is 0 Å². The van der Waals surface area contributed by atoms with Crippen LogP contribution in [-0.2, 0) is 4.79 Å². The van der Waals surface area contributed by atoms with E-state index in [-0.39, 0.29) is 5.91 Å². The number of benzene rings is 1. The summed E-state index contributed by atoms with van der Waals surface area (Å²) < 4.78 is 5.56. The van der Waals surface area contributed by atoms with Crippen LogP contribution in [0.2, 0.25) is 5.02 Å². The van der Waals surface area contributed by atoms with E-state index in [2.05, 4.69) is 5.32 Å². The van der Waals surface area contributed by atoms with Crippen molar-refractivity contribution in [1.82, 2.24) is 10.2 Å². The van der Waals surface area contributed by atoms with Gasteiger partial charge in [0.05, 0.1) is 6.54 Å². The number of ether oxygens (including phenoxy) is 1. The minimum Gasteiger partial charge on any atom is -0.492 e. The van der Waals surface area contributed by atoms with Crippen LogP contribution in [0.4, 0.5) is 0 Å². The highest BCUT2D eigenvalue weighted by molar-refractivity contribution is 6.30. The van der Waals surface area contributed by atoms with Gasteiger partial charge in [0.1, 0.15) is 12.4 Å². The standard InChI is InChI=1S/C14H21ClN2O2/c1-3-7-16-14(18)11-17(2)8-9-19-13-6-4-5-12(15)10-13/h4-6,10H,3,7-9,11H2,1-2H3,(H,16,18). The summed E-state index contributed by atoms with van der Waals surface area (Å²) >= 11 is 5.86. The molecule has 1 N–H and O–H groups in total. The second-order valence-corrected chi connectivity index (χ2v) is 4.83. The van der Waals surface area contributed by atoms with Crippen LogP contribution in [-0.4, -0.2) is 44.1 Å². The Balaban J connectivity index is 2.20. The minimum absolute atomic E-state index is 0.0482. The van der Waals surface area contributed by atoms with E-state index in [0.29, 0.717) is 24.7 Å². The SMILES string of the molecule is CCCNC(=O)CN(C)CCOc1cccc(Cl)c1. The van der Waals surface area contributed by atoms with Crippen molar-refractivity contribution in [3.05, 3.63) is 29.3 Å². The fourth-order valence-corrected chi connectivity index (χ4v) is 1.70. The number of rotatable bonds is 8. The van der Waals surface area contributed by atoms with Gasteiger partial charge in [-0.25, -0.2) is 0 Å². The van der Waals surface area contributed by atoms with Gasteiger partial charge in [-0.3, -0.25) is 9.69 Å². The monoisotopic (exact) mass is 284 g/mol. The van der Waals surface area contributed by atoms with Crippen molar-refractivity contribution < 1.29 is 9.53 Å². The first kappa shape index (κ1) is 15.8. The van der Waals surface area contributed by atoms with Crippen LogP contribution in [0, 0.1) is 0 Å². The van der Waals surface area contributed by atoms with Crippen LogP contribution >= 0.6 is 11.6 Å². The quantitative estimate of drug-likeness (QED) is 0.795. The van der Waals surface area contributed by atoms with Gasteiger partial charge < -0.3 is 10.1 Å². The zero-order chi connectivity index (χ0) is 14.1. The molecule has 1 aromatic rings. The normalized spacial score (nSPS) is 10.5. The highest BCUT2D eigenvalue weighted by Gasteiger charge is 2.05. The smallest absolute Gasteiger partial charge is 0.234 e. The van der Waals surface area contributed by atoms with E-state index in [1.807, 2.05) is 31.0 Å². The summed E-state index contributed by atoms with van der Waals surface area (Å²) in [6.07, 6.45) is 0.952. The maximum absolute atomic E-state index is 11.5. The van der Waals surface area contributed by atoms with Gasteiger partial charge in [-0.15, -0.1) is 0 Å². The molecule has 0 aliphatic carbocycles. The van der Waals surface area contributed by atoms with Gasteiger partial charge in [0.25, 0.3) is 0 Å². The van der Waals surface area contributed by atoms with Crippen molar-refractivity contribution in [2.45, 2.75) is 13.3 Å². The van der Waals surface area contributed by atoms with Crippen LogP contribution in [0.5, 0.6) is 5.75 Å². The number of amides is 1. The second-order valence-electron chi connectivity index (χ2n) is 4.39. The van der Waals surface area contributed by atoms with Gasteiger partial charge in [0, 0.05) is 18.1 Å². The van der Waals surface area contributed by atoms with Gasteiger partial charge >= 0.3 is 0 Å². The van der Waals surface area contributed by atoms with Crippen molar-refractivity contribution in [2.75, 3.05) is 33.3 Å².